The third kappa shape index (κ3) is 6.25. The molecule has 0 spiro atoms. The van der Waals surface area contributed by atoms with Crippen LogP contribution in [-0.4, -0.2) is 37.1 Å². The normalized spacial score (nSPS) is 10.1. The summed E-state index contributed by atoms with van der Waals surface area (Å²) >= 11 is 1.60. The molecular weight excluding hydrogens is 354 g/mol. The number of carbonyl (C=O) groups is 3. The molecule has 0 fully saturated rings. The SMILES string of the molecule is CSc1ccc(NC(=O)COC(=O)COc2ccc(C(C)=O)cc2)cc1. The van der Waals surface area contributed by atoms with E-state index in [0.717, 1.165) is 4.90 Å². The van der Waals surface area contributed by atoms with Crippen LogP contribution >= 0.6 is 11.8 Å². The number of esters is 1. The van der Waals surface area contributed by atoms with E-state index in [1.165, 1.54) is 6.92 Å². The second-order valence-corrected chi connectivity index (χ2v) is 6.19. The Morgan fingerprint density at radius 3 is 2.19 bits per heavy atom. The number of hydrogen-bond acceptors (Lipinski definition) is 6. The number of hydrogen-bond donors (Lipinski definition) is 1. The standard InChI is InChI=1S/C19H19NO5S/c1-13(21)14-3-7-16(8-4-14)24-12-19(23)25-11-18(22)20-15-5-9-17(26-2)10-6-15/h3-10H,11-12H2,1-2H3,(H,20,22). The maximum Gasteiger partial charge on any atom is 0.344 e. The highest BCUT2D eigenvalue weighted by Gasteiger charge is 2.09. The zero-order valence-corrected chi connectivity index (χ0v) is 15.3. The number of anilines is 1. The minimum absolute atomic E-state index is 0.0509. The van der Waals surface area contributed by atoms with Gasteiger partial charge in [-0.05, 0) is 61.7 Å². The van der Waals surface area contributed by atoms with Crippen molar-refractivity contribution < 1.29 is 23.9 Å². The van der Waals surface area contributed by atoms with Gasteiger partial charge in [-0.1, -0.05) is 0 Å². The summed E-state index contributed by atoms with van der Waals surface area (Å²) in [6.45, 7) is 0.750. The van der Waals surface area contributed by atoms with Gasteiger partial charge in [-0.2, -0.15) is 0 Å². The Bertz CT molecular complexity index is 772. The van der Waals surface area contributed by atoms with Gasteiger partial charge >= 0.3 is 5.97 Å². The fraction of sp³-hybridized carbons (Fsp3) is 0.211. The third-order valence-electron chi connectivity index (χ3n) is 3.36. The molecule has 0 aliphatic rings. The van der Waals surface area contributed by atoms with E-state index in [1.54, 1.807) is 48.2 Å². The molecule has 136 valence electrons. The highest BCUT2D eigenvalue weighted by atomic mass is 32.2. The molecule has 2 rings (SSSR count). The molecule has 0 radical (unpaired) electrons. The number of carbonyl (C=O) groups excluding carboxylic acids is 3. The number of Topliss-reactive ketones (excluding diaryl/α,β-unsaturated/α-hetero) is 1. The monoisotopic (exact) mass is 373 g/mol. The fourth-order valence-corrected chi connectivity index (χ4v) is 2.40. The Hall–Kier alpha value is -2.80. The predicted octanol–water partition coefficient (Wildman–Crippen LogP) is 3.17. The Morgan fingerprint density at radius 2 is 1.62 bits per heavy atom. The number of ether oxygens (including phenoxy) is 2. The van der Waals surface area contributed by atoms with Crippen LogP contribution in [0.3, 0.4) is 0 Å². The smallest absolute Gasteiger partial charge is 0.344 e. The van der Waals surface area contributed by atoms with Gasteiger partial charge in [0.25, 0.3) is 5.91 Å². The molecule has 2 aromatic carbocycles. The molecule has 0 saturated heterocycles. The first kappa shape index (κ1) is 19.5. The predicted molar refractivity (Wildman–Crippen MR) is 99.8 cm³/mol. The quantitative estimate of drug-likeness (QED) is 0.435. The molecule has 0 aliphatic carbocycles. The van der Waals surface area contributed by atoms with Gasteiger partial charge in [0.15, 0.2) is 19.0 Å². The zero-order chi connectivity index (χ0) is 18.9. The van der Waals surface area contributed by atoms with Crippen LogP contribution in [0.1, 0.15) is 17.3 Å². The highest BCUT2D eigenvalue weighted by Crippen LogP contribution is 2.17. The van der Waals surface area contributed by atoms with Crippen molar-refractivity contribution in [2.24, 2.45) is 0 Å². The van der Waals surface area contributed by atoms with E-state index in [9.17, 15) is 14.4 Å². The van der Waals surface area contributed by atoms with Crippen molar-refractivity contribution in [3.8, 4) is 5.75 Å². The van der Waals surface area contributed by atoms with Crippen molar-refractivity contribution in [1.82, 2.24) is 0 Å². The van der Waals surface area contributed by atoms with Crippen molar-refractivity contribution in [3.05, 3.63) is 54.1 Å². The second-order valence-electron chi connectivity index (χ2n) is 5.31. The van der Waals surface area contributed by atoms with E-state index in [1.807, 2.05) is 18.4 Å². The number of nitrogens with one attached hydrogen (secondary N) is 1. The highest BCUT2D eigenvalue weighted by molar-refractivity contribution is 7.98. The van der Waals surface area contributed by atoms with Crippen LogP contribution in [0.4, 0.5) is 5.69 Å². The molecule has 6 nitrogen and oxygen atoms in total. The van der Waals surface area contributed by atoms with Crippen LogP contribution in [0.2, 0.25) is 0 Å². The molecule has 0 unspecified atom stereocenters. The molecule has 0 atom stereocenters. The molecule has 1 amide bonds. The summed E-state index contributed by atoms with van der Waals surface area (Å²) in [4.78, 5) is 35.7. The molecule has 0 saturated carbocycles. The van der Waals surface area contributed by atoms with E-state index in [4.69, 9.17) is 9.47 Å². The van der Waals surface area contributed by atoms with E-state index in [0.29, 0.717) is 17.0 Å². The maximum absolute atomic E-state index is 11.8. The summed E-state index contributed by atoms with van der Waals surface area (Å²) in [5.74, 6) is -0.704. The molecule has 0 aliphatic heterocycles. The van der Waals surface area contributed by atoms with Crippen LogP contribution < -0.4 is 10.1 Å². The second kappa shape index (κ2) is 9.62. The lowest BCUT2D eigenvalue weighted by Crippen LogP contribution is -2.23. The van der Waals surface area contributed by atoms with Crippen molar-refractivity contribution in [1.29, 1.82) is 0 Å². The molecule has 0 heterocycles. The van der Waals surface area contributed by atoms with Crippen LogP contribution in [0.5, 0.6) is 5.75 Å². The van der Waals surface area contributed by atoms with Gasteiger partial charge in [0.1, 0.15) is 5.75 Å². The average Bonchev–Trinajstić information content (AvgIpc) is 2.65. The van der Waals surface area contributed by atoms with Gasteiger partial charge < -0.3 is 14.8 Å². The number of thioether (sulfide) groups is 1. The van der Waals surface area contributed by atoms with E-state index < -0.39 is 18.5 Å². The first-order valence-corrected chi connectivity index (χ1v) is 9.03. The molecular formula is C19H19NO5S. The van der Waals surface area contributed by atoms with Crippen molar-refractivity contribution in [2.45, 2.75) is 11.8 Å². The summed E-state index contributed by atoms with van der Waals surface area (Å²) in [6.07, 6.45) is 1.97. The summed E-state index contributed by atoms with van der Waals surface area (Å²) in [5.41, 5.74) is 1.19. The Labute approximate surface area is 155 Å². The molecule has 0 aromatic heterocycles. The fourth-order valence-electron chi connectivity index (χ4n) is 1.99. The largest absolute Gasteiger partial charge is 0.482 e. The van der Waals surface area contributed by atoms with E-state index in [-0.39, 0.29) is 12.4 Å². The molecule has 1 N–H and O–H groups in total. The van der Waals surface area contributed by atoms with Crippen LogP contribution in [-0.2, 0) is 14.3 Å². The minimum Gasteiger partial charge on any atom is -0.482 e. The van der Waals surface area contributed by atoms with Crippen LogP contribution in [0.25, 0.3) is 0 Å². The summed E-state index contributed by atoms with van der Waals surface area (Å²) in [5, 5.41) is 2.64. The van der Waals surface area contributed by atoms with Crippen molar-refractivity contribution in [2.75, 3.05) is 24.8 Å². The summed E-state index contributed by atoms with van der Waals surface area (Å²) < 4.78 is 10.1. The summed E-state index contributed by atoms with van der Waals surface area (Å²) in [6, 6.07) is 13.7. The number of benzene rings is 2. The number of rotatable bonds is 8. The lowest BCUT2D eigenvalue weighted by Gasteiger charge is -2.08. The van der Waals surface area contributed by atoms with Gasteiger partial charge in [0.05, 0.1) is 0 Å². The van der Waals surface area contributed by atoms with E-state index in [2.05, 4.69) is 5.32 Å². The van der Waals surface area contributed by atoms with Crippen molar-refractivity contribution >= 4 is 35.1 Å². The van der Waals surface area contributed by atoms with E-state index >= 15 is 0 Å². The van der Waals surface area contributed by atoms with Gasteiger partial charge in [-0.3, -0.25) is 9.59 Å². The summed E-state index contributed by atoms with van der Waals surface area (Å²) in [7, 11) is 0. The average molecular weight is 373 g/mol. The lowest BCUT2D eigenvalue weighted by atomic mass is 10.1. The third-order valence-corrected chi connectivity index (χ3v) is 4.10. The topological polar surface area (TPSA) is 81.7 Å². The first-order chi connectivity index (χ1) is 12.5. The minimum atomic E-state index is -0.659. The van der Waals surface area contributed by atoms with Crippen LogP contribution in [0, 0.1) is 0 Å². The van der Waals surface area contributed by atoms with Gasteiger partial charge in [-0.15, -0.1) is 11.8 Å². The maximum atomic E-state index is 11.8. The van der Waals surface area contributed by atoms with Crippen LogP contribution in [0.15, 0.2) is 53.4 Å². The Morgan fingerprint density at radius 1 is 0.962 bits per heavy atom. The molecule has 7 heteroatoms. The molecule has 2 aromatic rings. The first-order valence-electron chi connectivity index (χ1n) is 7.81. The zero-order valence-electron chi connectivity index (χ0n) is 14.5. The lowest BCUT2D eigenvalue weighted by molar-refractivity contribution is -0.149. The Balaban J connectivity index is 1.71. The number of ketones is 1. The van der Waals surface area contributed by atoms with Gasteiger partial charge in [-0.25, -0.2) is 4.79 Å². The van der Waals surface area contributed by atoms with Gasteiger partial charge in [0.2, 0.25) is 0 Å². The van der Waals surface area contributed by atoms with Gasteiger partial charge in [0, 0.05) is 16.1 Å². The molecule has 0 bridgehead atoms. The number of amides is 1. The Kier molecular flexibility index (Phi) is 7.23. The molecule has 26 heavy (non-hydrogen) atoms. The van der Waals surface area contributed by atoms with Crippen molar-refractivity contribution in [3.63, 3.8) is 0 Å².